The molecule has 1 N–H and O–H groups in total. The second kappa shape index (κ2) is 5.70. The van der Waals surface area contributed by atoms with Crippen LogP contribution in [0, 0.1) is 0 Å². The van der Waals surface area contributed by atoms with Crippen LogP contribution in [-0.4, -0.2) is 27.9 Å². The third-order valence-electron chi connectivity index (χ3n) is 2.25. The van der Waals surface area contributed by atoms with E-state index in [9.17, 15) is 4.79 Å². The fourth-order valence-electron chi connectivity index (χ4n) is 1.38. The van der Waals surface area contributed by atoms with Crippen LogP contribution in [0.5, 0.6) is 0 Å². The lowest BCUT2D eigenvalue weighted by molar-refractivity contribution is -0.125. The highest BCUT2D eigenvalue weighted by atomic mass is 32.1. The highest BCUT2D eigenvalue weighted by Crippen LogP contribution is 2.13. The minimum absolute atomic E-state index is 0.108. The Morgan fingerprint density at radius 3 is 3.06 bits per heavy atom. The first kappa shape index (κ1) is 11.9. The molecule has 0 unspecified atom stereocenters. The van der Waals surface area contributed by atoms with Crippen molar-refractivity contribution in [2.45, 2.75) is 13.5 Å². The number of nitrogens with zero attached hydrogens (tertiary/aromatic N) is 2. The Morgan fingerprint density at radius 2 is 2.24 bits per heavy atom. The van der Waals surface area contributed by atoms with Gasteiger partial charge in [0, 0.05) is 13.2 Å². The molecule has 0 bridgehead atoms. The van der Waals surface area contributed by atoms with Crippen molar-refractivity contribution in [3.8, 4) is 0 Å². The van der Waals surface area contributed by atoms with Gasteiger partial charge in [-0.15, -0.1) is 0 Å². The van der Waals surface area contributed by atoms with Crippen molar-refractivity contribution in [1.29, 1.82) is 0 Å². The molecule has 1 heterocycles. The molecular weight excluding hydrogens is 238 g/mol. The van der Waals surface area contributed by atoms with Crippen LogP contribution >= 0.6 is 11.7 Å². The van der Waals surface area contributed by atoms with Gasteiger partial charge in [-0.3, -0.25) is 4.79 Å². The molecule has 0 saturated heterocycles. The highest BCUT2D eigenvalue weighted by molar-refractivity contribution is 7.00. The van der Waals surface area contributed by atoms with Gasteiger partial charge in [0.15, 0.2) is 0 Å². The third-order valence-corrected chi connectivity index (χ3v) is 2.80. The average Bonchev–Trinajstić information content (AvgIpc) is 2.81. The normalized spacial score (nSPS) is 10.6. The molecule has 0 aliphatic carbocycles. The molecule has 1 amide bonds. The first-order valence-corrected chi connectivity index (χ1v) is 6.08. The van der Waals surface area contributed by atoms with E-state index in [2.05, 4.69) is 14.1 Å². The molecule has 5 nitrogen and oxygen atoms in total. The number of nitrogens with one attached hydrogen (secondary N) is 1. The van der Waals surface area contributed by atoms with Crippen LogP contribution in [0.3, 0.4) is 0 Å². The number of hydrogen-bond acceptors (Lipinski definition) is 5. The zero-order chi connectivity index (χ0) is 12.1. The molecule has 6 heteroatoms. The lowest BCUT2D eigenvalue weighted by Gasteiger charge is -2.05. The molecule has 17 heavy (non-hydrogen) atoms. The van der Waals surface area contributed by atoms with Crippen molar-refractivity contribution in [1.82, 2.24) is 14.1 Å². The van der Waals surface area contributed by atoms with Crippen molar-refractivity contribution < 1.29 is 9.53 Å². The Balaban J connectivity index is 1.92. The first-order chi connectivity index (χ1) is 8.29. The number of fused-ring (bicyclic) bond motifs is 1. The summed E-state index contributed by atoms with van der Waals surface area (Å²) in [6.45, 7) is 3.00. The smallest absolute Gasteiger partial charge is 0.246 e. The summed E-state index contributed by atoms with van der Waals surface area (Å²) in [6, 6.07) is 5.77. The molecule has 0 radical (unpaired) electrons. The molecule has 0 atom stereocenters. The van der Waals surface area contributed by atoms with Crippen LogP contribution in [-0.2, 0) is 16.1 Å². The minimum Gasteiger partial charge on any atom is -0.372 e. The largest absolute Gasteiger partial charge is 0.372 e. The zero-order valence-corrected chi connectivity index (χ0v) is 10.3. The summed E-state index contributed by atoms with van der Waals surface area (Å²) in [4.78, 5) is 11.3. The minimum atomic E-state index is -0.108. The summed E-state index contributed by atoms with van der Waals surface area (Å²) in [5, 5.41) is 2.78. The lowest BCUT2D eigenvalue weighted by atomic mass is 10.2. The maximum absolute atomic E-state index is 11.3. The summed E-state index contributed by atoms with van der Waals surface area (Å²) in [6.07, 6.45) is 0. The molecule has 2 aromatic rings. The predicted octanol–water partition coefficient (Wildman–Crippen LogP) is 1.34. The molecule has 0 fully saturated rings. The fraction of sp³-hybridized carbons (Fsp3) is 0.364. The van der Waals surface area contributed by atoms with Gasteiger partial charge in [-0.05, 0) is 24.6 Å². The first-order valence-electron chi connectivity index (χ1n) is 5.35. The topological polar surface area (TPSA) is 64.1 Å². The molecule has 90 valence electrons. The maximum atomic E-state index is 11.3. The summed E-state index contributed by atoms with van der Waals surface area (Å²) in [5.74, 6) is -0.108. The van der Waals surface area contributed by atoms with E-state index in [4.69, 9.17) is 4.74 Å². The van der Waals surface area contributed by atoms with Crippen LogP contribution in [0.2, 0.25) is 0 Å². The Kier molecular flexibility index (Phi) is 4.00. The number of amides is 1. The van der Waals surface area contributed by atoms with E-state index in [1.54, 1.807) is 0 Å². The number of benzene rings is 1. The van der Waals surface area contributed by atoms with Crippen LogP contribution in [0.1, 0.15) is 12.5 Å². The molecular formula is C11H13N3O2S. The summed E-state index contributed by atoms with van der Waals surface area (Å²) >= 11 is 1.19. The SMILES string of the molecule is CCOCC(=O)NCc1ccc2nsnc2c1. The predicted molar refractivity (Wildman–Crippen MR) is 65.8 cm³/mol. The number of rotatable bonds is 5. The lowest BCUT2D eigenvalue weighted by Crippen LogP contribution is -2.27. The summed E-state index contributed by atoms with van der Waals surface area (Å²) in [5.41, 5.74) is 2.76. The Bertz CT molecular complexity index is 512. The Hall–Kier alpha value is -1.53. The second-order valence-electron chi connectivity index (χ2n) is 3.50. The summed E-state index contributed by atoms with van der Waals surface area (Å²) in [7, 11) is 0. The number of aromatic nitrogens is 2. The zero-order valence-electron chi connectivity index (χ0n) is 9.47. The van der Waals surface area contributed by atoms with Crippen molar-refractivity contribution >= 4 is 28.7 Å². The standard InChI is InChI=1S/C11H13N3O2S/c1-2-16-7-11(15)12-6-8-3-4-9-10(5-8)14-17-13-9/h3-5H,2,6-7H2,1H3,(H,12,15). The Labute approximate surface area is 103 Å². The quantitative estimate of drug-likeness (QED) is 0.871. The molecule has 0 saturated carbocycles. The maximum Gasteiger partial charge on any atom is 0.246 e. The van der Waals surface area contributed by atoms with Gasteiger partial charge in [-0.1, -0.05) is 6.07 Å². The van der Waals surface area contributed by atoms with Crippen molar-refractivity contribution in [3.63, 3.8) is 0 Å². The second-order valence-corrected chi connectivity index (χ2v) is 4.03. The molecule has 0 spiro atoms. The number of ether oxygens (including phenoxy) is 1. The van der Waals surface area contributed by atoms with Gasteiger partial charge >= 0.3 is 0 Å². The molecule has 1 aromatic heterocycles. The van der Waals surface area contributed by atoms with Gasteiger partial charge in [0.1, 0.15) is 17.6 Å². The Morgan fingerprint density at radius 1 is 1.41 bits per heavy atom. The third kappa shape index (κ3) is 3.21. The molecule has 0 aliphatic heterocycles. The van der Waals surface area contributed by atoms with E-state index in [-0.39, 0.29) is 12.5 Å². The molecule has 0 aliphatic rings. The highest BCUT2D eigenvalue weighted by Gasteiger charge is 2.03. The van der Waals surface area contributed by atoms with E-state index < -0.39 is 0 Å². The van der Waals surface area contributed by atoms with Crippen LogP contribution < -0.4 is 5.32 Å². The number of carbonyl (C=O) groups excluding carboxylic acids is 1. The van der Waals surface area contributed by atoms with Crippen molar-refractivity contribution in [2.24, 2.45) is 0 Å². The number of hydrogen-bond donors (Lipinski definition) is 1. The van der Waals surface area contributed by atoms with Crippen LogP contribution in [0.4, 0.5) is 0 Å². The average molecular weight is 251 g/mol. The number of carbonyl (C=O) groups is 1. The van der Waals surface area contributed by atoms with E-state index in [1.807, 2.05) is 25.1 Å². The van der Waals surface area contributed by atoms with E-state index in [0.717, 1.165) is 16.6 Å². The van der Waals surface area contributed by atoms with Gasteiger partial charge < -0.3 is 10.1 Å². The summed E-state index contributed by atoms with van der Waals surface area (Å²) < 4.78 is 13.3. The van der Waals surface area contributed by atoms with E-state index in [1.165, 1.54) is 11.7 Å². The molecule has 2 rings (SSSR count). The van der Waals surface area contributed by atoms with E-state index >= 15 is 0 Å². The van der Waals surface area contributed by atoms with Crippen molar-refractivity contribution in [3.05, 3.63) is 23.8 Å². The molecule has 1 aromatic carbocycles. The van der Waals surface area contributed by atoms with E-state index in [0.29, 0.717) is 13.2 Å². The van der Waals surface area contributed by atoms with Crippen molar-refractivity contribution in [2.75, 3.05) is 13.2 Å². The van der Waals surface area contributed by atoms with Crippen LogP contribution in [0.25, 0.3) is 11.0 Å². The monoisotopic (exact) mass is 251 g/mol. The van der Waals surface area contributed by atoms with Gasteiger partial charge in [0.05, 0.1) is 11.7 Å². The van der Waals surface area contributed by atoms with Gasteiger partial charge in [0.25, 0.3) is 0 Å². The van der Waals surface area contributed by atoms with Gasteiger partial charge in [-0.25, -0.2) is 0 Å². The van der Waals surface area contributed by atoms with Crippen LogP contribution in [0.15, 0.2) is 18.2 Å². The van der Waals surface area contributed by atoms with Gasteiger partial charge in [0.2, 0.25) is 5.91 Å². The van der Waals surface area contributed by atoms with Gasteiger partial charge in [-0.2, -0.15) is 8.75 Å². The fourth-order valence-corrected chi connectivity index (χ4v) is 1.90.